The summed E-state index contributed by atoms with van der Waals surface area (Å²) >= 11 is 0. The van der Waals surface area contributed by atoms with E-state index >= 15 is 0 Å². The van der Waals surface area contributed by atoms with Gasteiger partial charge in [-0.2, -0.15) is 0 Å². The summed E-state index contributed by atoms with van der Waals surface area (Å²) in [7, 11) is 0. The summed E-state index contributed by atoms with van der Waals surface area (Å²) in [4.78, 5) is 0. The topological polar surface area (TPSA) is 35.2 Å². The predicted octanol–water partition coefficient (Wildman–Crippen LogP) is 2.47. The van der Waals surface area contributed by atoms with E-state index in [1.54, 1.807) is 0 Å². The zero-order chi connectivity index (χ0) is 11.6. The van der Waals surface area contributed by atoms with Crippen LogP contribution in [0.4, 0.5) is 0 Å². The van der Waals surface area contributed by atoms with Crippen LogP contribution in [0, 0.1) is 0 Å². The Morgan fingerprint density at radius 3 is 2.50 bits per heavy atom. The molecule has 1 aliphatic heterocycles. The molecular formula is C14H21NO. The molecule has 1 aromatic rings. The van der Waals surface area contributed by atoms with Crippen LogP contribution >= 0.6 is 0 Å². The average molecular weight is 219 g/mol. The number of benzene rings is 1. The van der Waals surface area contributed by atoms with Crippen LogP contribution in [0.15, 0.2) is 30.3 Å². The molecule has 2 rings (SSSR count). The summed E-state index contributed by atoms with van der Waals surface area (Å²) in [6, 6.07) is 10.6. The monoisotopic (exact) mass is 219 g/mol. The van der Waals surface area contributed by atoms with E-state index in [-0.39, 0.29) is 11.0 Å². The largest absolute Gasteiger partial charge is 0.376 e. The van der Waals surface area contributed by atoms with Gasteiger partial charge < -0.3 is 10.5 Å². The third kappa shape index (κ3) is 2.13. The van der Waals surface area contributed by atoms with Gasteiger partial charge >= 0.3 is 0 Å². The lowest BCUT2D eigenvalue weighted by atomic mass is 9.69. The molecule has 1 aromatic carbocycles. The number of nitrogens with two attached hydrogens (primary N) is 1. The van der Waals surface area contributed by atoms with Gasteiger partial charge in [-0.15, -0.1) is 0 Å². The second kappa shape index (κ2) is 4.19. The Balaban J connectivity index is 2.33. The van der Waals surface area contributed by atoms with E-state index in [1.165, 1.54) is 5.56 Å². The fraction of sp³-hybridized carbons (Fsp3) is 0.571. The lowest BCUT2D eigenvalue weighted by Gasteiger charge is -2.44. The van der Waals surface area contributed by atoms with Crippen molar-refractivity contribution in [3.63, 3.8) is 0 Å². The molecule has 2 heteroatoms. The summed E-state index contributed by atoms with van der Waals surface area (Å²) in [6.07, 6.45) is 2.03. The lowest BCUT2D eigenvalue weighted by molar-refractivity contribution is -0.0806. The maximum absolute atomic E-state index is 6.04. The van der Waals surface area contributed by atoms with Gasteiger partial charge in [0.05, 0.1) is 5.60 Å². The maximum atomic E-state index is 6.04. The molecule has 16 heavy (non-hydrogen) atoms. The van der Waals surface area contributed by atoms with Crippen molar-refractivity contribution in [3.8, 4) is 0 Å². The summed E-state index contributed by atoms with van der Waals surface area (Å²) in [6.45, 7) is 5.81. The Labute approximate surface area is 97.8 Å². The standard InChI is InChI=1S/C14H21NO/c1-13(2)10-14(11-15,8-9-16-13)12-6-4-3-5-7-12/h3-7H,8-11,15H2,1-2H3/t14-/m0/s1. The zero-order valence-electron chi connectivity index (χ0n) is 10.2. The van der Waals surface area contributed by atoms with Crippen LogP contribution in [-0.2, 0) is 10.2 Å². The van der Waals surface area contributed by atoms with Crippen LogP contribution in [0.3, 0.4) is 0 Å². The van der Waals surface area contributed by atoms with Crippen LogP contribution in [0.2, 0.25) is 0 Å². The normalized spacial score (nSPS) is 28.9. The first-order valence-corrected chi connectivity index (χ1v) is 5.98. The van der Waals surface area contributed by atoms with E-state index in [0.717, 1.165) is 19.4 Å². The minimum Gasteiger partial charge on any atom is -0.376 e. The molecule has 1 heterocycles. The van der Waals surface area contributed by atoms with Crippen molar-refractivity contribution in [1.29, 1.82) is 0 Å². The van der Waals surface area contributed by atoms with Crippen molar-refractivity contribution >= 4 is 0 Å². The van der Waals surface area contributed by atoms with Crippen LogP contribution in [0.1, 0.15) is 32.3 Å². The number of rotatable bonds is 2. The van der Waals surface area contributed by atoms with Crippen molar-refractivity contribution in [1.82, 2.24) is 0 Å². The number of hydrogen-bond acceptors (Lipinski definition) is 2. The predicted molar refractivity (Wildman–Crippen MR) is 66.4 cm³/mol. The van der Waals surface area contributed by atoms with E-state index in [2.05, 4.69) is 44.2 Å². The van der Waals surface area contributed by atoms with E-state index in [0.29, 0.717) is 6.54 Å². The van der Waals surface area contributed by atoms with Crippen molar-refractivity contribution in [2.75, 3.05) is 13.2 Å². The van der Waals surface area contributed by atoms with Gasteiger partial charge in [0.2, 0.25) is 0 Å². The molecule has 1 atom stereocenters. The molecule has 1 aliphatic rings. The highest BCUT2D eigenvalue weighted by molar-refractivity contribution is 5.27. The highest BCUT2D eigenvalue weighted by Gasteiger charge is 2.40. The Kier molecular flexibility index (Phi) is 3.04. The molecule has 0 radical (unpaired) electrons. The minimum absolute atomic E-state index is 0.0620. The molecule has 0 aliphatic carbocycles. The van der Waals surface area contributed by atoms with Gasteiger partial charge in [0, 0.05) is 18.6 Å². The highest BCUT2D eigenvalue weighted by atomic mass is 16.5. The second-order valence-corrected chi connectivity index (χ2v) is 5.39. The highest BCUT2D eigenvalue weighted by Crippen LogP contribution is 2.40. The van der Waals surface area contributed by atoms with Crippen LogP contribution in [0.5, 0.6) is 0 Å². The lowest BCUT2D eigenvalue weighted by Crippen LogP contribution is -2.48. The third-order valence-electron chi connectivity index (χ3n) is 3.61. The summed E-state index contributed by atoms with van der Waals surface area (Å²) < 4.78 is 5.79. The van der Waals surface area contributed by atoms with E-state index in [9.17, 15) is 0 Å². The molecule has 0 bridgehead atoms. The molecule has 0 spiro atoms. The maximum Gasteiger partial charge on any atom is 0.0635 e. The Morgan fingerprint density at radius 1 is 1.25 bits per heavy atom. The van der Waals surface area contributed by atoms with Gasteiger partial charge in [-0.3, -0.25) is 0 Å². The van der Waals surface area contributed by atoms with Crippen molar-refractivity contribution in [2.24, 2.45) is 5.73 Å². The SMILES string of the molecule is CC1(C)C[C@@](CN)(c2ccccc2)CCO1. The van der Waals surface area contributed by atoms with Crippen molar-refractivity contribution in [3.05, 3.63) is 35.9 Å². The first-order chi connectivity index (χ1) is 7.58. The fourth-order valence-corrected chi connectivity index (χ4v) is 2.81. The van der Waals surface area contributed by atoms with Crippen molar-refractivity contribution in [2.45, 2.75) is 37.7 Å². The number of hydrogen-bond donors (Lipinski definition) is 1. The second-order valence-electron chi connectivity index (χ2n) is 5.39. The van der Waals surface area contributed by atoms with Crippen LogP contribution in [0.25, 0.3) is 0 Å². The molecule has 2 N–H and O–H groups in total. The first kappa shape index (κ1) is 11.6. The molecule has 0 amide bonds. The van der Waals surface area contributed by atoms with Crippen LogP contribution in [-0.4, -0.2) is 18.8 Å². The molecular weight excluding hydrogens is 198 g/mol. The minimum atomic E-state index is -0.0620. The van der Waals surface area contributed by atoms with Gasteiger partial charge in [-0.05, 0) is 32.3 Å². The Morgan fingerprint density at radius 2 is 1.94 bits per heavy atom. The fourth-order valence-electron chi connectivity index (χ4n) is 2.81. The molecule has 1 saturated heterocycles. The van der Waals surface area contributed by atoms with E-state index < -0.39 is 0 Å². The molecule has 0 saturated carbocycles. The average Bonchev–Trinajstić information content (AvgIpc) is 2.29. The third-order valence-corrected chi connectivity index (χ3v) is 3.61. The van der Waals surface area contributed by atoms with Gasteiger partial charge in [0.25, 0.3) is 0 Å². The molecule has 1 fully saturated rings. The summed E-state index contributed by atoms with van der Waals surface area (Å²) in [5.74, 6) is 0. The van der Waals surface area contributed by atoms with E-state index in [4.69, 9.17) is 10.5 Å². The van der Waals surface area contributed by atoms with E-state index in [1.807, 2.05) is 0 Å². The zero-order valence-corrected chi connectivity index (χ0v) is 10.2. The Hall–Kier alpha value is -0.860. The molecule has 0 unspecified atom stereocenters. The summed E-state index contributed by atoms with van der Waals surface area (Å²) in [5.41, 5.74) is 7.43. The molecule has 2 nitrogen and oxygen atoms in total. The van der Waals surface area contributed by atoms with Gasteiger partial charge in [0.15, 0.2) is 0 Å². The van der Waals surface area contributed by atoms with Crippen LogP contribution < -0.4 is 5.73 Å². The van der Waals surface area contributed by atoms with Crippen molar-refractivity contribution < 1.29 is 4.74 Å². The quantitative estimate of drug-likeness (QED) is 0.829. The van der Waals surface area contributed by atoms with Gasteiger partial charge in [0.1, 0.15) is 0 Å². The molecule has 88 valence electrons. The smallest absolute Gasteiger partial charge is 0.0635 e. The Bertz CT molecular complexity index is 347. The van der Waals surface area contributed by atoms with Gasteiger partial charge in [-0.1, -0.05) is 30.3 Å². The molecule has 0 aromatic heterocycles. The summed E-state index contributed by atoms with van der Waals surface area (Å²) in [5, 5.41) is 0. The number of ether oxygens (including phenoxy) is 1. The van der Waals surface area contributed by atoms with Gasteiger partial charge in [-0.25, -0.2) is 0 Å². The first-order valence-electron chi connectivity index (χ1n) is 5.98.